The zero-order valence-electron chi connectivity index (χ0n) is 14.1. The molecule has 0 amide bonds. The van der Waals surface area contributed by atoms with E-state index in [9.17, 15) is 0 Å². The minimum atomic E-state index is 0.580. The summed E-state index contributed by atoms with van der Waals surface area (Å²) in [5, 5.41) is 0. The van der Waals surface area contributed by atoms with Crippen molar-refractivity contribution in [3.8, 4) is 5.75 Å². The van der Waals surface area contributed by atoms with E-state index in [1.54, 1.807) is 0 Å². The monoisotopic (exact) mass is 292 g/mol. The fraction of sp³-hybridized carbons (Fsp3) is 0.667. The minimum absolute atomic E-state index is 0.580. The van der Waals surface area contributed by atoms with Gasteiger partial charge in [0.1, 0.15) is 12.4 Å². The average Bonchev–Trinajstić information content (AvgIpc) is 2.48. The van der Waals surface area contributed by atoms with Crippen molar-refractivity contribution >= 4 is 0 Å². The van der Waals surface area contributed by atoms with Crippen LogP contribution in [0.2, 0.25) is 0 Å². The summed E-state index contributed by atoms with van der Waals surface area (Å²) in [6.07, 6.45) is 2.41. The second-order valence-electron chi connectivity index (χ2n) is 6.06. The minimum Gasteiger partial charge on any atom is -0.492 e. The molecule has 0 saturated carbocycles. The van der Waals surface area contributed by atoms with Crippen LogP contribution < -0.4 is 10.5 Å². The Bertz CT molecular complexity index is 371. The summed E-state index contributed by atoms with van der Waals surface area (Å²) < 4.78 is 5.87. The highest BCUT2D eigenvalue weighted by Crippen LogP contribution is 2.14. The quantitative estimate of drug-likeness (QED) is 0.715. The highest BCUT2D eigenvalue weighted by atomic mass is 16.5. The van der Waals surface area contributed by atoms with Gasteiger partial charge in [0, 0.05) is 25.7 Å². The predicted octanol–water partition coefficient (Wildman–Crippen LogP) is 3.67. The first-order valence-electron chi connectivity index (χ1n) is 8.26. The van der Waals surface area contributed by atoms with E-state index in [1.807, 2.05) is 24.3 Å². The van der Waals surface area contributed by atoms with Crippen LogP contribution in [-0.4, -0.2) is 30.6 Å². The second kappa shape index (κ2) is 9.80. The lowest BCUT2D eigenvalue weighted by atomic mass is 10.1. The number of ether oxygens (including phenoxy) is 1. The standard InChI is InChI=1S/C18H32N2O/c1-5-17(6-2)20(14-15(3)4)11-12-21-18-9-7-16(13-19)8-10-18/h7-10,15,17H,5-6,11-14,19H2,1-4H3. The second-order valence-corrected chi connectivity index (χ2v) is 6.06. The van der Waals surface area contributed by atoms with Crippen molar-refractivity contribution in [1.29, 1.82) is 0 Å². The van der Waals surface area contributed by atoms with E-state index in [0.717, 1.165) is 31.0 Å². The molecule has 0 unspecified atom stereocenters. The van der Waals surface area contributed by atoms with Gasteiger partial charge in [-0.15, -0.1) is 0 Å². The maximum absolute atomic E-state index is 5.87. The maximum Gasteiger partial charge on any atom is 0.119 e. The molecule has 1 aromatic carbocycles. The first-order valence-corrected chi connectivity index (χ1v) is 8.26. The molecule has 0 aliphatic heterocycles. The van der Waals surface area contributed by atoms with Gasteiger partial charge in [0.15, 0.2) is 0 Å². The third-order valence-electron chi connectivity index (χ3n) is 3.86. The Balaban J connectivity index is 2.47. The maximum atomic E-state index is 5.87. The summed E-state index contributed by atoms with van der Waals surface area (Å²) >= 11 is 0. The van der Waals surface area contributed by atoms with Gasteiger partial charge in [-0.25, -0.2) is 0 Å². The normalized spacial score (nSPS) is 11.6. The smallest absolute Gasteiger partial charge is 0.119 e. The third-order valence-corrected chi connectivity index (χ3v) is 3.86. The summed E-state index contributed by atoms with van der Waals surface area (Å²) in [4.78, 5) is 2.57. The lowest BCUT2D eigenvalue weighted by molar-refractivity contribution is 0.137. The Morgan fingerprint density at radius 1 is 1.10 bits per heavy atom. The Morgan fingerprint density at radius 2 is 1.71 bits per heavy atom. The van der Waals surface area contributed by atoms with Crippen molar-refractivity contribution in [1.82, 2.24) is 4.90 Å². The number of nitrogens with zero attached hydrogens (tertiary/aromatic N) is 1. The van der Waals surface area contributed by atoms with E-state index in [-0.39, 0.29) is 0 Å². The van der Waals surface area contributed by atoms with Crippen LogP contribution in [-0.2, 0) is 6.54 Å². The summed E-state index contributed by atoms with van der Waals surface area (Å²) in [5.41, 5.74) is 6.74. The molecule has 0 fully saturated rings. The molecule has 0 saturated heterocycles. The molecule has 0 spiro atoms. The molecule has 0 heterocycles. The molecule has 3 heteroatoms. The van der Waals surface area contributed by atoms with Gasteiger partial charge < -0.3 is 10.5 Å². The first kappa shape index (κ1) is 18.0. The Morgan fingerprint density at radius 3 is 2.19 bits per heavy atom. The van der Waals surface area contributed by atoms with E-state index in [4.69, 9.17) is 10.5 Å². The summed E-state index contributed by atoms with van der Waals surface area (Å²) in [5.74, 6) is 1.62. The van der Waals surface area contributed by atoms with Gasteiger partial charge in [-0.3, -0.25) is 4.90 Å². The van der Waals surface area contributed by atoms with Crippen molar-refractivity contribution in [2.75, 3.05) is 19.7 Å². The molecule has 0 bridgehead atoms. The van der Waals surface area contributed by atoms with Crippen LogP contribution in [0.25, 0.3) is 0 Å². The molecule has 0 radical (unpaired) electrons. The van der Waals surface area contributed by atoms with Crippen LogP contribution in [0.5, 0.6) is 5.75 Å². The highest BCUT2D eigenvalue weighted by Gasteiger charge is 2.16. The molecule has 2 N–H and O–H groups in total. The number of rotatable bonds is 10. The molecule has 1 rings (SSSR count). The van der Waals surface area contributed by atoms with Gasteiger partial charge >= 0.3 is 0 Å². The Hall–Kier alpha value is -1.06. The molecule has 120 valence electrons. The van der Waals surface area contributed by atoms with Crippen LogP contribution in [0.1, 0.15) is 46.1 Å². The van der Waals surface area contributed by atoms with Crippen molar-refractivity contribution in [2.45, 2.75) is 53.1 Å². The van der Waals surface area contributed by atoms with Gasteiger partial charge in [0.2, 0.25) is 0 Å². The largest absolute Gasteiger partial charge is 0.492 e. The zero-order valence-corrected chi connectivity index (χ0v) is 14.1. The van der Waals surface area contributed by atoms with E-state index < -0.39 is 0 Å². The van der Waals surface area contributed by atoms with Crippen LogP contribution in [0.4, 0.5) is 0 Å². The molecular formula is C18H32N2O. The fourth-order valence-electron chi connectivity index (χ4n) is 2.70. The van der Waals surface area contributed by atoms with Crippen molar-refractivity contribution < 1.29 is 4.74 Å². The van der Waals surface area contributed by atoms with Crippen molar-refractivity contribution in [2.24, 2.45) is 11.7 Å². The lowest BCUT2D eigenvalue weighted by Crippen LogP contribution is -2.39. The van der Waals surface area contributed by atoms with E-state index in [2.05, 4.69) is 32.6 Å². The van der Waals surface area contributed by atoms with Crippen LogP contribution in [0.3, 0.4) is 0 Å². The van der Waals surface area contributed by atoms with Crippen molar-refractivity contribution in [3.05, 3.63) is 29.8 Å². The van der Waals surface area contributed by atoms with Crippen molar-refractivity contribution in [3.63, 3.8) is 0 Å². The van der Waals surface area contributed by atoms with Gasteiger partial charge in [-0.05, 0) is 36.5 Å². The number of hydrogen-bond donors (Lipinski definition) is 1. The Labute approximate surface area is 130 Å². The molecule has 0 aliphatic rings. The van der Waals surface area contributed by atoms with Gasteiger partial charge in [-0.2, -0.15) is 0 Å². The lowest BCUT2D eigenvalue weighted by Gasteiger charge is -2.31. The summed E-state index contributed by atoms with van der Waals surface area (Å²) in [6, 6.07) is 8.73. The average molecular weight is 292 g/mol. The number of nitrogens with two attached hydrogens (primary N) is 1. The molecular weight excluding hydrogens is 260 g/mol. The third kappa shape index (κ3) is 6.49. The molecule has 0 aromatic heterocycles. The van der Waals surface area contributed by atoms with Gasteiger partial charge in [0.25, 0.3) is 0 Å². The summed E-state index contributed by atoms with van der Waals surface area (Å²) in [7, 11) is 0. The topological polar surface area (TPSA) is 38.5 Å². The summed E-state index contributed by atoms with van der Waals surface area (Å²) in [6.45, 7) is 12.6. The van der Waals surface area contributed by atoms with Gasteiger partial charge in [0.05, 0.1) is 0 Å². The molecule has 21 heavy (non-hydrogen) atoms. The van der Waals surface area contributed by atoms with E-state index in [0.29, 0.717) is 18.5 Å². The first-order chi connectivity index (χ1) is 10.1. The zero-order chi connectivity index (χ0) is 15.7. The van der Waals surface area contributed by atoms with Crippen LogP contribution >= 0.6 is 0 Å². The number of benzene rings is 1. The van der Waals surface area contributed by atoms with Crippen LogP contribution in [0, 0.1) is 5.92 Å². The molecule has 0 aliphatic carbocycles. The van der Waals surface area contributed by atoms with Crippen LogP contribution in [0.15, 0.2) is 24.3 Å². The fourth-order valence-corrected chi connectivity index (χ4v) is 2.70. The Kier molecular flexibility index (Phi) is 8.40. The highest BCUT2D eigenvalue weighted by molar-refractivity contribution is 5.27. The van der Waals surface area contributed by atoms with E-state index in [1.165, 1.54) is 12.8 Å². The van der Waals surface area contributed by atoms with E-state index >= 15 is 0 Å². The number of hydrogen-bond acceptors (Lipinski definition) is 3. The molecule has 1 aromatic rings. The SMILES string of the molecule is CCC(CC)N(CCOc1ccc(CN)cc1)CC(C)C. The van der Waals surface area contributed by atoms with Gasteiger partial charge in [-0.1, -0.05) is 39.8 Å². The molecule has 0 atom stereocenters. The molecule has 3 nitrogen and oxygen atoms in total. The predicted molar refractivity (Wildman–Crippen MR) is 90.6 cm³/mol.